The zero-order valence-corrected chi connectivity index (χ0v) is 22.0. The van der Waals surface area contributed by atoms with Gasteiger partial charge in [0, 0.05) is 10.6 Å². The zero-order chi connectivity index (χ0) is 24.6. The molecule has 0 unspecified atom stereocenters. The molecule has 0 saturated carbocycles. The van der Waals surface area contributed by atoms with Crippen LogP contribution in [-0.2, 0) is 17.8 Å². The quantitative estimate of drug-likeness (QED) is 0.131. The number of halogens is 2. The van der Waals surface area contributed by atoms with Crippen LogP contribution in [0.15, 0.2) is 84.0 Å². The molecule has 0 aromatic heterocycles. The van der Waals surface area contributed by atoms with Gasteiger partial charge in [-0.05, 0) is 69.6 Å². The minimum atomic E-state index is -0.183. The van der Waals surface area contributed by atoms with Crippen molar-refractivity contribution in [1.82, 2.24) is 5.43 Å². The lowest BCUT2D eigenvalue weighted by Gasteiger charge is -2.15. The maximum Gasteiger partial charge on any atom is 0.244 e. The van der Waals surface area contributed by atoms with Crippen LogP contribution in [0.25, 0.3) is 10.8 Å². The van der Waals surface area contributed by atoms with Crippen LogP contribution in [0.5, 0.6) is 11.5 Å². The molecule has 0 spiro atoms. The fraction of sp³-hybridized carbons (Fsp3) is 0.143. The van der Waals surface area contributed by atoms with E-state index in [2.05, 4.69) is 33.1 Å². The number of hydrogen-bond donors (Lipinski definition) is 1. The molecule has 0 heterocycles. The monoisotopic (exact) mass is 598 g/mol. The predicted molar refractivity (Wildman–Crippen MR) is 150 cm³/mol. The summed E-state index contributed by atoms with van der Waals surface area (Å²) in [5.74, 6) is 1.07. The fourth-order valence-electron chi connectivity index (χ4n) is 3.67. The van der Waals surface area contributed by atoms with Crippen LogP contribution in [0.4, 0.5) is 0 Å². The molecule has 7 heteroatoms. The summed E-state index contributed by atoms with van der Waals surface area (Å²) >= 11 is 8.46. The van der Waals surface area contributed by atoms with E-state index >= 15 is 0 Å². The summed E-state index contributed by atoms with van der Waals surface area (Å²) in [4.78, 5) is 12.5. The van der Waals surface area contributed by atoms with Crippen molar-refractivity contribution in [3.05, 3.63) is 104 Å². The lowest BCUT2D eigenvalue weighted by atomic mass is 10.0. The third kappa shape index (κ3) is 6.52. The van der Waals surface area contributed by atoms with E-state index in [0.717, 1.165) is 31.0 Å². The second-order valence-electron chi connectivity index (χ2n) is 7.75. The number of hydrazone groups is 1. The molecule has 0 aliphatic carbocycles. The van der Waals surface area contributed by atoms with Gasteiger partial charge in [0.15, 0.2) is 11.5 Å². The molecule has 0 bridgehead atoms. The SMILES string of the molecule is CCOc1cc(C=NNC(=O)Cc2cccc3ccccc23)cc(I)c1OCc1ccccc1Cl. The molecule has 0 aliphatic heterocycles. The van der Waals surface area contributed by atoms with E-state index < -0.39 is 0 Å². The lowest BCUT2D eigenvalue weighted by molar-refractivity contribution is -0.120. The molecule has 0 saturated heterocycles. The Bertz CT molecular complexity index is 1370. The Hall–Kier alpha value is -3.10. The maximum atomic E-state index is 12.5. The number of nitrogens with one attached hydrogen (secondary N) is 1. The fourth-order valence-corrected chi connectivity index (χ4v) is 4.64. The standard InChI is InChI=1S/C28H24ClIN2O3/c1-2-34-26-15-19(14-25(30)28(26)35-18-22-9-4-6-13-24(22)29)17-31-32-27(33)16-21-11-7-10-20-8-3-5-12-23(20)21/h3-15,17H,2,16,18H2,1H3,(H,32,33). The van der Waals surface area contributed by atoms with Crippen LogP contribution in [0, 0.1) is 3.57 Å². The average Bonchev–Trinajstić information content (AvgIpc) is 2.85. The van der Waals surface area contributed by atoms with Gasteiger partial charge in [-0.3, -0.25) is 4.79 Å². The molecule has 0 fully saturated rings. The van der Waals surface area contributed by atoms with Gasteiger partial charge in [-0.15, -0.1) is 0 Å². The van der Waals surface area contributed by atoms with E-state index in [9.17, 15) is 4.79 Å². The second kappa shape index (κ2) is 12.0. The highest BCUT2D eigenvalue weighted by molar-refractivity contribution is 14.1. The van der Waals surface area contributed by atoms with Gasteiger partial charge in [0.2, 0.25) is 5.91 Å². The van der Waals surface area contributed by atoms with Crippen molar-refractivity contribution < 1.29 is 14.3 Å². The zero-order valence-electron chi connectivity index (χ0n) is 19.1. The van der Waals surface area contributed by atoms with Gasteiger partial charge in [-0.1, -0.05) is 72.3 Å². The van der Waals surface area contributed by atoms with Crippen LogP contribution in [-0.4, -0.2) is 18.7 Å². The Kier molecular flexibility index (Phi) is 8.60. The molecule has 4 rings (SSSR count). The molecule has 1 N–H and O–H groups in total. The first-order valence-electron chi connectivity index (χ1n) is 11.2. The highest BCUT2D eigenvalue weighted by Gasteiger charge is 2.13. The first kappa shape index (κ1) is 25.0. The van der Waals surface area contributed by atoms with E-state index in [1.54, 1.807) is 6.21 Å². The highest BCUT2D eigenvalue weighted by atomic mass is 127. The summed E-state index contributed by atoms with van der Waals surface area (Å²) in [6.45, 7) is 2.73. The van der Waals surface area contributed by atoms with Crippen molar-refractivity contribution in [2.24, 2.45) is 5.10 Å². The van der Waals surface area contributed by atoms with Crippen molar-refractivity contribution in [3.8, 4) is 11.5 Å². The number of carbonyl (C=O) groups is 1. The Labute approximate surface area is 223 Å². The Balaban J connectivity index is 1.44. The van der Waals surface area contributed by atoms with E-state index in [1.807, 2.05) is 85.8 Å². The van der Waals surface area contributed by atoms with E-state index in [4.69, 9.17) is 21.1 Å². The summed E-state index contributed by atoms with van der Waals surface area (Å²) < 4.78 is 12.7. The topological polar surface area (TPSA) is 59.9 Å². The Morgan fingerprint density at radius 3 is 2.57 bits per heavy atom. The van der Waals surface area contributed by atoms with E-state index in [0.29, 0.717) is 29.7 Å². The Morgan fingerprint density at radius 1 is 1.00 bits per heavy atom. The summed E-state index contributed by atoms with van der Waals surface area (Å²) in [6, 6.07) is 25.3. The molecule has 1 amide bonds. The maximum absolute atomic E-state index is 12.5. The summed E-state index contributed by atoms with van der Waals surface area (Å²) in [5.41, 5.74) is 5.27. The minimum Gasteiger partial charge on any atom is -0.490 e. The molecule has 178 valence electrons. The average molecular weight is 599 g/mol. The van der Waals surface area contributed by atoms with E-state index in [-0.39, 0.29) is 12.3 Å². The number of ether oxygens (including phenoxy) is 2. The summed E-state index contributed by atoms with van der Waals surface area (Å²) in [5, 5.41) is 6.98. The first-order valence-corrected chi connectivity index (χ1v) is 12.6. The van der Waals surface area contributed by atoms with Gasteiger partial charge in [-0.25, -0.2) is 5.43 Å². The van der Waals surface area contributed by atoms with Gasteiger partial charge in [0.1, 0.15) is 6.61 Å². The molecular weight excluding hydrogens is 575 g/mol. The number of carbonyl (C=O) groups excluding carboxylic acids is 1. The van der Waals surface area contributed by atoms with Crippen molar-refractivity contribution in [3.63, 3.8) is 0 Å². The number of hydrogen-bond acceptors (Lipinski definition) is 4. The first-order chi connectivity index (χ1) is 17.0. The van der Waals surface area contributed by atoms with Gasteiger partial charge in [-0.2, -0.15) is 5.10 Å². The minimum absolute atomic E-state index is 0.183. The number of nitrogens with zero attached hydrogens (tertiary/aromatic N) is 1. The number of benzene rings is 4. The van der Waals surface area contributed by atoms with Gasteiger partial charge in [0.25, 0.3) is 0 Å². The van der Waals surface area contributed by atoms with Crippen LogP contribution in [0.3, 0.4) is 0 Å². The number of rotatable bonds is 9. The molecule has 5 nitrogen and oxygen atoms in total. The predicted octanol–water partition coefficient (Wildman–Crippen LogP) is 6.77. The van der Waals surface area contributed by atoms with E-state index in [1.165, 1.54) is 0 Å². The summed E-state index contributed by atoms with van der Waals surface area (Å²) in [7, 11) is 0. The summed E-state index contributed by atoms with van der Waals surface area (Å²) in [6.07, 6.45) is 1.85. The van der Waals surface area contributed by atoms with Crippen LogP contribution < -0.4 is 14.9 Å². The Morgan fingerprint density at radius 2 is 1.74 bits per heavy atom. The molecule has 35 heavy (non-hydrogen) atoms. The van der Waals surface area contributed by atoms with Crippen LogP contribution >= 0.6 is 34.2 Å². The van der Waals surface area contributed by atoms with Gasteiger partial charge in [0.05, 0.1) is 22.8 Å². The smallest absolute Gasteiger partial charge is 0.244 e. The van der Waals surface area contributed by atoms with Gasteiger partial charge < -0.3 is 9.47 Å². The largest absolute Gasteiger partial charge is 0.490 e. The van der Waals surface area contributed by atoms with Crippen molar-refractivity contribution in [2.45, 2.75) is 20.0 Å². The van der Waals surface area contributed by atoms with Crippen molar-refractivity contribution in [1.29, 1.82) is 0 Å². The van der Waals surface area contributed by atoms with Crippen LogP contribution in [0.1, 0.15) is 23.6 Å². The molecule has 4 aromatic carbocycles. The normalized spacial score (nSPS) is 11.1. The molecule has 4 aromatic rings. The lowest BCUT2D eigenvalue weighted by Crippen LogP contribution is -2.19. The molecule has 0 atom stereocenters. The third-order valence-corrected chi connectivity index (χ3v) is 6.47. The number of amides is 1. The third-order valence-electron chi connectivity index (χ3n) is 5.30. The highest BCUT2D eigenvalue weighted by Crippen LogP contribution is 2.35. The van der Waals surface area contributed by atoms with Crippen molar-refractivity contribution >= 4 is 57.1 Å². The van der Waals surface area contributed by atoms with Crippen LogP contribution in [0.2, 0.25) is 5.02 Å². The molecule has 0 radical (unpaired) electrons. The van der Waals surface area contributed by atoms with Crippen molar-refractivity contribution in [2.75, 3.05) is 6.61 Å². The molecule has 0 aliphatic rings. The number of fused-ring (bicyclic) bond motifs is 1. The second-order valence-corrected chi connectivity index (χ2v) is 9.32. The molecular formula is C28H24ClIN2O3. The van der Waals surface area contributed by atoms with Gasteiger partial charge >= 0.3 is 0 Å².